The predicted molar refractivity (Wildman–Crippen MR) is 99.9 cm³/mol. The molecule has 1 heterocycles. The maximum absolute atomic E-state index is 4.91. The fourth-order valence-electron chi connectivity index (χ4n) is 2.83. The van der Waals surface area contributed by atoms with Crippen LogP contribution >= 0.6 is 0 Å². The minimum absolute atomic E-state index is 0.920. The largest absolute Gasteiger partial charge is 0.244 e. The summed E-state index contributed by atoms with van der Waals surface area (Å²) in [6, 6.07) is 25.0. The molecule has 0 N–H and O–H groups in total. The molecule has 4 aromatic rings. The van der Waals surface area contributed by atoms with Crippen molar-refractivity contribution in [1.82, 2.24) is 9.97 Å². The van der Waals surface area contributed by atoms with Crippen molar-refractivity contribution < 1.29 is 0 Å². The van der Waals surface area contributed by atoms with E-state index in [0.29, 0.717) is 0 Å². The molecule has 24 heavy (non-hydrogen) atoms. The number of aromatic nitrogens is 2. The van der Waals surface area contributed by atoms with Crippen LogP contribution in [-0.2, 0) is 0 Å². The van der Waals surface area contributed by atoms with E-state index in [0.717, 1.165) is 33.5 Å². The Morgan fingerprint density at radius 3 is 1.25 bits per heavy atom. The Hall–Kier alpha value is -3.00. The lowest BCUT2D eigenvalue weighted by atomic mass is 10.0. The zero-order valence-corrected chi connectivity index (χ0v) is 13.8. The third-order valence-electron chi connectivity index (χ3n) is 4.22. The van der Waals surface area contributed by atoms with Crippen LogP contribution in [0, 0.1) is 13.8 Å². The summed E-state index contributed by atoms with van der Waals surface area (Å²) in [7, 11) is 0. The van der Waals surface area contributed by atoms with Crippen LogP contribution in [0.1, 0.15) is 11.1 Å². The molecule has 0 amide bonds. The summed E-state index contributed by atoms with van der Waals surface area (Å²) < 4.78 is 0. The molecule has 0 aliphatic heterocycles. The highest BCUT2D eigenvalue weighted by Gasteiger charge is 2.12. The Morgan fingerprint density at radius 2 is 0.875 bits per heavy atom. The van der Waals surface area contributed by atoms with Gasteiger partial charge in [0, 0.05) is 11.1 Å². The van der Waals surface area contributed by atoms with Crippen LogP contribution < -0.4 is 0 Å². The van der Waals surface area contributed by atoms with E-state index in [-0.39, 0.29) is 0 Å². The van der Waals surface area contributed by atoms with Crippen LogP contribution in [0.15, 0.2) is 72.8 Å². The van der Waals surface area contributed by atoms with Gasteiger partial charge in [0.25, 0.3) is 0 Å². The zero-order valence-electron chi connectivity index (χ0n) is 13.8. The molecular formula is C22H18N2. The quantitative estimate of drug-likeness (QED) is 0.483. The predicted octanol–water partition coefficient (Wildman–Crippen LogP) is 5.58. The average molecular weight is 310 g/mol. The molecule has 0 saturated carbocycles. The molecule has 1 aromatic heterocycles. The van der Waals surface area contributed by atoms with Gasteiger partial charge in [0.15, 0.2) is 0 Å². The van der Waals surface area contributed by atoms with Crippen molar-refractivity contribution in [2.75, 3.05) is 0 Å². The van der Waals surface area contributed by atoms with Crippen molar-refractivity contribution in [3.63, 3.8) is 0 Å². The second kappa shape index (κ2) is 5.89. The second-order valence-electron chi connectivity index (χ2n) is 6.14. The zero-order chi connectivity index (χ0) is 16.5. The Labute approximate surface area is 141 Å². The first-order chi connectivity index (χ1) is 11.7. The van der Waals surface area contributed by atoms with E-state index in [1.54, 1.807) is 0 Å². The van der Waals surface area contributed by atoms with Crippen molar-refractivity contribution in [3.8, 4) is 22.5 Å². The van der Waals surface area contributed by atoms with E-state index in [1.165, 1.54) is 11.1 Å². The van der Waals surface area contributed by atoms with Gasteiger partial charge in [-0.1, -0.05) is 71.8 Å². The Kier molecular flexibility index (Phi) is 3.58. The Bertz CT molecular complexity index is 916. The molecule has 0 bridgehead atoms. The first kappa shape index (κ1) is 14.6. The highest BCUT2D eigenvalue weighted by Crippen LogP contribution is 2.31. The molecule has 0 saturated heterocycles. The summed E-state index contributed by atoms with van der Waals surface area (Å²) in [5.41, 5.74) is 8.36. The van der Waals surface area contributed by atoms with Gasteiger partial charge in [-0.2, -0.15) is 0 Å². The van der Waals surface area contributed by atoms with Gasteiger partial charge in [0.2, 0.25) is 0 Å². The minimum atomic E-state index is 0.920. The van der Waals surface area contributed by atoms with Gasteiger partial charge in [-0.15, -0.1) is 0 Å². The number of fused-ring (bicyclic) bond motifs is 1. The van der Waals surface area contributed by atoms with Crippen LogP contribution in [0.2, 0.25) is 0 Å². The van der Waals surface area contributed by atoms with Gasteiger partial charge >= 0.3 is 0 Å². The van der Waals surface area contributed by atoms with E-state index in [2.05, 4.69) is 62.4 Å². The molecule has 116 valence electrons. The highest BCUT2D eigenvalue weighted by atomic mass is 14.8. The van der Waals surface area contributed by atoms with Crippen LogP contribution in [0.3, 0.4) is 0 Å². The van der Waals surface area contributed by atoms with Crippen molar-refractivity contribution in [2.45, 2.75) is 13.8 Å². The molecule has 2 nitrogen and oxygen atoms in total. The van der Waals surface area contributed by atoms with Gasteiger partial charge in [0.05, 0.1) is 22.4 Å². The van der Waals surface area contributed by atoms with Crippen LogP contribution in [0.4, 0.5) is 0 Å². The van der Waals surface area contributed by atoms with Crippen molar-refractivity contribution >= 4 is 11.0 Å². The smallest absolute Gasteiger partial charge is 0.0973 e. The highest BCUT2D eigenvalue weighted by molar-refractivity contribution is 5.86. The van der Waals surface area contributed by atoms with E-state index in [1.807, 2.05) is 24.3 Å². The van der Waals surface area contributed by atoms with Crippen LogP contribution in [0.5, 0.6) is 0 Å². The summed E-state index contributed by atoms with van der Waals surface area (Å²) in [5, 5.41) is 0. The average Bonchev–Trinajstić information content (AvgIpc) is 2.62. The van der Waals surface area contributed by atoms with Crippen LogP contribution in [-0.4, -0.2) is 9.97 Å². The van der Waals surface area contributed by atoms with E-state index in [4.69, 9.17) is 9.97 Å². The SMILES string of the molecule is Cc1ccc(-c2nc3ccccc3nc2-c2ccc(C)cc2)cc1. The number of para-hydroxylation sites is 2. The van der Waals surface area contributed by atoms with Gasteiger partial charge in [-0.05, 0) is 26.0 Å². The molecule has 3 aromatic carbocycles. The van der Waals surface area contributed by atoms with Crippen LogP contribution in [0.25, 0.3) is 33.5 Å². The van der Waals surface area contributed by atoms with E-state index < -0.39 is 0 Å². The summed E-state index contributed by atoms with van der Waals surface area (Å²) >= 11 is 0. The number of hydrogen-bond donors (Lipinski definition) is 0. The molecule has 0 atom stereocenters. The number of rotatable bonds is 2. The second-order valence-corrected chi connectivity index (χ2v) is 6.14. The maximum Gasteiger partial charge on any atom is 0.0973 e. The monoisotopic (exact) mass is 310 g/mol. The lowest BCUT2D eigenvalue weighted by Crippen LogP contribution is -1.95. The summed E-state index contributed by atoms with van der Waals surface area (Å²) in [6.07, 6.45) is 0. The Balaban J connectivity index is 2.00. The Morgan fingerprint density at radius 1 is 0.500 bits per heavy atom. The van der Waals surface area contributed by atoms with Crippen molar-refractivity contribution in [1.29, 1.82) is 0 Å². The maximum atomic E-state index is 4.91. The van der Waals surface area contributed by atoms with Gasteiger partial charge in [-0.3, -0.25) is 0 Å². The minimum Gasteiger partial charge on any atom is -0.244 e. The van der Waals surface area contributed by atoms with E-state index in [9.17, 15) is 0 Å². The van der Waals surface area contributed by atoms with Gasteiger partial charge in [-0.25, -0.2) is 9.97 Å². The molecule has 0 aliphatic rings. The van der Waals surface area contributed by atoms with Crippen molar-refractivity contribution in [2.24, 2.45) is 0 Å². The molecule has 0 fully saturated rings. The molecule has 0 unspecified atom stereocenters. The topological polar surface area (TPSA) is 25.8 Å². The molecule has 0 radical (unpaired) electrons. The van der Waals surface area contributed by atoms with Gasteiger partial charge in [0.1, 0.15) is 0 Å². The first-order valence-electron chi connectivity index (χ1n) is 8.11. The third kappa shape index (κ3) is 2.67. The number of nitrogens with zero attached hydrogens (tertiary/aromatic N) is 2. The fraction of sp³-hybridized carbons (Fsp3) is 0.0909. The summed E-state index contributed by atoms with van der Waals surface area (Å²) in [4.78, 5) is 9.82. The number of aryl methyl sites for hydroxylation is 2. The molecule has 4 rings (SSSR count). The normalized spacial score (nSPS) is 10.9. The summed E-state index contributed by atoms with van der Waals surface area (Å²) in [5.74, 6) is 0. The standard InChI is InChI=1S/C22H18N2/c1-15-7-11-17(12-8-15)21-22(18-13-9-16(2)10-14-18)24-20-6-4-3-5-19(20)23-21/h3-14H,1-2H3. The molecular weight excluding hydrogens is 292 g/mol. The van der Waals surface area contributed by atoms with E-state index >= 15 is 0 Å². The third-order valence-corrected chi connectivity index (χ3v) is 4.22. The van der Waals surface area contributed by atoms with Crippen molar-refractivity contribution in [3.05, 3.63) is 83.9 Å². The number of hydrogen-bond acceptors (Lipinski definition) is 2. The lowest BCUT2D eigenvalue weighted by molar-refractivity contribution is 1.29. The fourth-order valence-corrected chi connectivity index (χ4v) is 2.83. The molecule has 0 spiro atoms. The lowest BCUT2D eigenvalue weighted by Gasteiger charge is -2.11. The summed E-state index contributed by atoms with van der Waals surface area (Å²) in [6.45, 7) is 4.19. The molecule has 2 heteroatoms. The number of benzene rings is 3. The first-order valence-corrected chi connectivity index (χ1v) is 8.11. The van der Waals surface area contributed by atoms with Gasteiger partial charge < -0.3 is 0 Å². The molecule has 0 aliphatic carbocycles.